The van der Waals surface area contributed by atoms with Gasteiger partial charge in [0.15, 0.2) is 0 Å². The van der Waals surface area contributed by atoms with Gasteiger partial charge < -0.3 is 10.4 Å². The van der Waals surface area contributed by atoms with E-state index >= 15 is 0 Å². The SMILES string of the molecule is Cc1nc(C)c(C(=O)NCC(C(=O)O)C(C)C)s1. The molecule has 1 aromatic heterocycles. The van der Waals surface area contributed by atoms with Crippen LogP contribution in [-0.4, -0.2) is 28.5 Å². The van der Waals surface area contributed by atoms with Crippen LogP contribution in [0.25, 0.3) is 0 Å². The molecule has 0 saturated carbocycles. The fourth-order valence-corrected chi connectivity index (χ4v) is 2.47. The predicted molar refractivity (Wildman–Crippen MR) is 69.9 cm³/mol. The summed E-state index contributed by atoms with van der Waals surface area (Å²) in [6.07, 6.45) is 0. The average Bonchev–Trinajstić information content (AvgIpc) is 2.56. The van der Waals surface area contributed by atoms with Gasteiger partial charge in [-0.25, -0.2) is 4.98 Å². The Morgan fingerprint density at radius 1 is 1.39 bits per heavy atom. The molecule has 1 rings (SSSR count). The van der Waals surface area contributed by atoms with Crippen molar-refractivity contribution in [2.24, 2.45) is 11.8 Å². The number of thiazole rings is 1. The fourth-order valence-electron chi connectivity index (χ4n) is 1.63. The molecule has 0 aliphatic heterocycles. The standard InChI is InChI=1S/C12H18N2O3S/c1-6(2)9(12(16)17)5-13-11(15)10-7(3)14-8(4)18-10/h6,9H,5H2,1-4H3,(H,13,15)(H,16,17). The van der Waals surface area contributed by atoms with Crippen LogP contribution in [0.1, 0.15) is 34.2 Å². The first-order valence-corrected chi connectivity index (χ1v) is 6.59. The van der Waals surface area contributed by atoms with Crippen molar-refractivity contribution in [1.82, 2.24) is 10.3 Å². The van der Waals surface area contributed by atoms with E-state index in [0.29, 0.717) is 10.6 Å². The van der Waals surface area contributed by atoms with Gasteiger partial charge in [0.1, 0.15) is 4.88 Å². The first-order valence-electron chi connectivity index (χ1n) is 5.78. The van der Waals surface area contributed by atoms with Crippen LogP contribution >= 0.6 is 11.3 Å². The molecule has 0 radical (unpaired) electrons. The molecule has 0 bridgehead atoms. The van der Waals surface area contributed by atoms with Gasteiger partial charge in [-0.15, -0.1) is 11.3 Å². The van der Waals surface area contributed by atoms with Crippen LogP contribution in [0.5, 0.6) is 0 Å². The molecule has 100 valence electrons. The smallest absolute Gasteiger partial charge is 0.308 e. The lowest BCUT2D eigenvalue weighted by Crippen LogP contribution is -2.35. The van der Waals surface area contributed by atoms with Crippen molar-refractivity contribution in [3.63, 3.8) is 0 Å². The molecule has 6 heteroatoms. The Balaban J connectivity index is 2.66. The van der Waals surface area contributed by atoms with Gasteiger partial charge in [0.05, 0.1) is 16.6 Å². The maximum atomic E-state index is 11.9. The normalized spacial score (nSPS) is 12.5. The second-order valence-electron chi connectivity index (χ2n) is 4.55. The van der Waals surface area contributed by atoms with Gasteiger partial charge in [0.25, 0.3) is 5.91 Å². The molecule has 0 aliphatic rings. The highest BCUT2D eigenvalue weighted by Crippen LogP contribution is 2.17. The number of hydrogen-bond acceptors (Lipinski definition) is 4. The number of hydrogen-bond donors (Lipinski definition) is 2. The number of carboxylic acids is 1. The summed E-state index contributed by atoms with van der Waals surface area (Å²) >= 11 is 1.32. The minimum absolute atomic E-state index is 0.0212. The zero-order valence-corrected chi connectivity index (χ0v) is 11.8. The highest BCUT2D eigenvalue weighted by atomic mass is 32.1. The first kappa shape index (κ1) is 14.6. The van der Waals surface area contributed by atoms with Crippen LogP contribution in [0.3, 0.4) is 0 Å². The van der Waals surface area contributed by atoms with E-state index in [0.717, 1.165) is 5.01 Å². The zero-order valence-electron chi connectivity index (χ0n) is 11.0. The van der Waals surface area contributed by atoms with Crippen LogP contribution in [-0.2, 0) is 4.79 Å². The summed E-state index contributed by atoms with van der Waals surface area (Å²) in [6.45, 7) is 7.40. The van der Waals surface area contributed by atoms with Gasteiger partial charge in [0.2, 0.25) is 0 Å². The molecule has 1 heterocycles. The number of aromatic nitrogens is 1. The maximum absolute atomic E-state index is 11.9. The molecule has 18 heavy (non-hydrogen) atoms. The number of aliphatic carboxylic acids is 1. The van der Waals surface area contributed by atoms with E-state index < -0.39 is 11.9 Å². The summed E-state index contributed by atoms with van der Waals surface area (Å²) in [7, 11) is 0. The summed E-state index contributed by atoms with van der Waals surface area (Å²) in [4.78, 5) is 27.6. The van der Waals surface area contributed by atoms with E-state index in [1.165, 1.54) is 11.3 Å². The van der Waals surface area contributed by atoms with E-state index in [2.05, 4.69) is 10.3 Å². The van der Waals surface area contributed by atoms with Gasteiger partial charge in [-0.3, -0.25) is 9.59 Å². The van der Waals surface area contributed by atoms with Crippen LogP contribution in [0, 0.1) is 25.7 Å². The van der Waals surface area contributed by atoms with Gasteiger partial charge in [-0.05, 0) is 19.8 Å². The molecular formula is C12H18N2O3S. The van der Waals surface area contributed by atoms with Gasteiger partial charge in [0, 0.05) is 6.54 Å². The van der Waals surface area contributed by atoms with Crippen molar-refractivity contribution in [1.29, 1.82) is 0 Å². The highest BCUT2D eigenvalue weighted by Gasteiger charge is 2.23. The molecule has 0 aromatic carbocycles. The summed E-state index contributed by atoms with van der Waals surface area (Å²) < 4.78 is 0. The van der Waals surface area contributed by atoms with E-state index in [1.807, 2.05) is 20.8 Å². The largest absolute Gasteiger partial charge is 0.481 e. The van der Waals surface area contributed by atoms with Crippen molar-refractivity contribution in [3.8, 4) is 0 Å². The Morgan fingerprint density at radius 2 is 2.00 bits per heavy atom. The zero-order chi connectivity index (χ0) is 13.9. The summed E-state index contributed by atoms with van der Waals surface area (Å²) in [5, 5.41) is 12.5. The third-order valence-electron chi connectivity index (χ3n) is 2.71. The minimum Gasteiger partial charge on any atom is -0.481 e. The van der Waals surface area contributed by atoms with Crippen molar-refractivity contribution in [2.75, 3.05) is 6.54 Å². The van der Waals surface area contributed by atoms with Crippen LogP contribution in [0.15, 0.2) is 0 Å². The monoisotopic (exact) mass is 270 g/mol. The minimum atomic E-state index is -0.887. The highest BCUT2D eigenvalue weighted by molar-refractivity contribution is 7.13. The molecule has 1 aromatic rings. The quantitative estimate of drug-likeness (QED) is 0.855. The van der Waals surface area contributed by atoms with Crippen LogP contribution < -0.4 is 5.32 Å². The lowest BCUT2D eigenvalue weighted by Gasteiger charge is -2.16. The van der Waals surface area contributed by atoms with E-state index in [9.17, 15) is 9.59 Å². The third-order valence-corrected chi connectivity index (χ3v) is 3.79. The predicted octanol–water partition coefficient (Wildman–Crippen LogP) is 1.85. The van der Waals surface area contributed by atoms with Gasteiger partial charge >= 0.3 is 5.97 Å². The number of carbonyl (C=O) groups excluding carboxylic acids is 1. The average molecular weight is 270 g/mol. The summed E-state index contributed by atoms with van der Waals surface area (Å²) in [5.74, 6) is -1.72. The summed E-state index contributed by atoms with van der Waals surface area (Å²) in [6, 6.07) is 0. The lowest BCUT2D eigenvalue weighted by molar-refractivity contribution is -0.142. The Kier molecular flexibility index (Phi) is 4.84. The summed E-state index contributed by atoms with van der Waals surface area (Å²) in [5.41, 5.74) is 0.687. The van der Waals surface area contributed by atoms with Crippen LogP contribution in [0.4, 0.5) is 0 Å². The first-order chi connectivity index (χ1) is 8.32. The van der Waals surface area contributed by atoms with E-state index in [-0.39, 0.29) is 18.4 Å². The number of nitrogens with zero attached hydrogens (tertiary/aromatic N) is 1. The molecule has 2 N–H and O–H groups in total. The Labute approximate surface area is 110 Å². The molecule has 0 fully saturated rings. The fraction of sp³-hybridized carbons (Fsp3) is 0.583. The van der Waals surface area contributed by atoms with Crippen molar-refractivity contribution >= 4 is 23.2 Å². The van der Waals surface area contributed by atoms with Crippen LogP contribution in [0.2, 0.25) is 0 Å². The second kappa shape index (κ2) is 5.95. The number of aryl methyl sites for hydroxylation is 2. The van der Waals surface area contributed by atoms with E-state index in [1.54, 1.807) is 6.92 Å². The van der Waals surface area contributed by atoms with Crippen molar-refractivity contribution in [2.45, 2.75) is 27.7 Å². The molecule has 0 spiro atoms. The number of carbonyl (C=O) groups is 2. The Morgan fingerprint density at radius 3 is 2.39 bits per heavy atom. The Hall–Kier alpha value is -1.43. The van der Waals surface area contributed by atoms with Crippen molar-refractivity contribution in [3.05, 3.63) is 15.6 Å². The number of carboxylic acid groups (broad SMARTS) is 1. The molecule has 1 unspecified atom stereocenters. The molecule has 5 nitrogen and oxygen atoms in total. The van der Waals surface area contributed by atoms with Gasteiger partial charge in [-0.2, -0.15) is 0 Å². The number of rotatable bonds is 5. The third kappa shape index (κ3) is 3.53. The Bertz CT molecular complexity index is 454. The molecule has 1 amide bonds. The van der Waals surface area contributed by atoms with Gasteiger partial charge in [-0.1, -0.05) is 13.8 Å². The molecule has 1 atom stereocenters. The second-order valence-corrected chi connectivity index (χ2v) is 5.75. The van der Waals surface area contributed by atoms with E-state index in [4.69, 9.17) is 5.11 Å². The topological polar surface area (TPSA) is 79.3 Å². The molecule has 0 aliphatic carbocycles. The maximum Gasteiger partial charge on any atom is 0.308 e. The number of nitrogens with one attached hydrogen (secondary N) is 1. The molecular weight excluding hydrogens is 252 g/mol. The van der Waals surface area contributed by atoms with Crippen molar-refractivity contribution < 1.29 is 14.7 Å². The molecule has 0 saturated heterocycles. The lowest BCUT2D eigenvalue weighted by atomic mass is 9.96. The number of amides is 1.